The number of carbonyl (C=O) groups is 9. The summed E-state index contributed by atoms with van der Waals surface area (Å²) in [6.45, 7) is 8.50. The van der Waals surface area contributed by atoms with Gasteiger partial charge in [-0.2, -0.15) is 0 Å². The number of nitrogens with zero attached hydrogens (tertiary/aromatic N) is 1. The second-order valence-corrected chi connectivity index (χ2v) is 21.4. The lowest BCUT2D eigenvalue weighted by molar-refractivity contribution is -0.145. The zero-order valence-corrected chi connectivity index (χ0v) is 44.4. The van der Waals surface area contributed by atoms with Crippen LogP contribution in [0, 0.1) is 11.8 Å². The molecule has 8 amide bonds. The van der Waals surface area contributed by atoms with E-state index in [9.17, 15) is 77.0 Å². The molecule has 2 aromatic carbocycles. The van der Waals surface area contributed by atoms with E-state index >= 15 is 0 Å². The van der Waals surface area contributed by atoms with Crippen LogP contribution in [0.4, 0.5) is 0 Å². The molecule has 2 aliphatic heterocycles. The summed E-state index contributed by atoms with van der Waals surface area (Å²) in [5, 5.41) is 28.0. The molecule has 2 aromatic rings. The number of hydrogen-bond acceptors (Lipinski definition) is 14. The summed E-state index contributed by atoms with van der Waals surface area (Å²) < 4.78 is 32.3. The SMILES string of the molecule is CC[C@H](C)[C@H](NC(=O)[C@H](Cc1ccc(OP(=O)(O)O)cc1)NC(=O)[C@H](CCC(N)=O)NC(=O)[C@@H]1CCCN1)C(=O)N[C@@H](Cc1ccc(OP(=O)(O)O)cc1)C(=O)N[C@H](C(=O)N1CCC[C@H]1C(=O)N[C@@H](C)C(=O)O)C(C)C. The van der Waals surface area contributed by atoms with Gasteiger partial charge in [0.2, 0.25) is 47.3 Å². The van der Waals surface area contributed by atoms with Crippen LogP contribution in [0.25, 0.3) is 0 Å². The van der Waals surface area contributed by atoms with Crippen molar-refractivity contribution in [2.75, 3.05) is 13.1 Å². The number of benzene rings is 2. The van der Waals surface area contributed by atoms with E-state index in [4.69, 9.17) is 5.73 Å². The maximum absolute atomic E-state index is 14.6. The Labute approximate surface area is 438 Å². The lowest BCUT2D eigenvalue weighted by Gasteiger charge is -2.32. The van der Waals surface area contributed by atoms with Gasteiger partial charge in [0.15, 0.2) is 0 Å². The molecule has 0 aliphatic carbocycles. The van der Waals surface area contributed by atoms with Crippen molar-refractivity contribution in [1.29, 1.82) is 0 Å². The van der Waals surface area contributed by atoms with Crippen LogP contribution < -0.4 is 52.0 Å². The first-order valence-electron chi connectivity index (χ1n) is 24.6. The molecule has 9 atom stereocenters. The third-order valence-electron chi connectivity index (χ3n) is 12.7. The standard InChI is InChI=1S/C47H69N9O18P2/c1-6-26(4)39(55-43(61)34(23-28-11-15-30(16-12-28)73-75(67,68)69)52-41(59)33(19-20-37(48)57)51-40(58)32-9-7-21-49-32)45(63)53-35(24-29-13-17-31(18-14-29)74-76(70,71)72)42(60)54-38(25(2)3)46(64)56-22-8-10-36(56)44(62)50-27(5)47(65)66/h11-18,25-27,32-36,38-39,49H,6-10,19-24H2,1-5H3,(H2,48,57)(H,50,62)(H,51,58)(H,52,59)(H,53,63)(H,54,60)(H,55,61)(H,65,66)(H2,67,68,69)(H2,70,71,72)/t26-,27-,32-,33-,34-,35-,36-,38-,39-/m0/s1. The Morgan fingerprint density at radius 2 is 1.17 bits per heavy atom. The molecule has 2 heterocycles. The molecule has 14 N–H and O–H groups in total. The van der Waals surface area contributed by atoms with Gasteiger partial charge in [0, 0.05) is 25.8 Å². The summed E-state index contributed by atoms with van der Waals surface area (Å²) in [5.41, 5.74) is 6.03. The lowest BCUT2D eigenvalue weighted by atomic mass is 9.95. The maximum Gasteiger partial charge on any atom is 0.524 e. The fraction of sp³-hybridized carbons (Fsp3) is 0.553. The minimum Gasteiger partial charge on any atom is -0.480 e. The van der Waals surface area contributed by atoms with Crippen LogP contribution in [0.2, 0.25) is 0 Å². The second-order valence-electron chi connectivity index (χ2n) is 19.1. The van der Waals surface area contributed by atoms with Gasteiger partial charge < -0.3 is 62.0 Å². The number of likely N-dealkylation sites (tertiary alicyclic amines) is 1. The topological polar surface area (TPSA) is 421 Å². The monoisotopic (exact) mass is 1110 g/mol. The average molecular weight is 1110 g/mol. The fourth-order valence-corrected chi connectivity index (χ4v) is 9.18. The van der Waals surface area contributed by atoms with Crippen LogP contribution >= 0.6 is 15.6 Å². The highest BCUT2D eigenvalue weighted by Crippen LogP contribution is 2.38. The molecule has 0 saturated carbocycles. The summed E-state index contributed by atoms with van der Waals surface area (Å²) in [5.74, 6) is -9.42. The van der Waals surface area contributed by atoms with Crippen molar-refractivity contribution in [2.45, 2.75) is 141 Å². The Balaban J connectivity index is 1.68. The number of carboxylic acids is 1. The first kappa shape index (κ1) is 62.1. The minimum absolute atomic E-state index is 0.106. The van der Waals surface area contributed by atoms with E-state index in [2.05, 4.69) is 46.3 Å². The number of carboxylic acid groups (broad SMARTS) is 1. The van der Waals surface area contributed by atoms with Crippen LogP contribution in [0.1, 0.15) is 90.7 Å². The molecule has 4 rings (SSSR count). The van der Waals surface area contributed by atoms with E-state index in [1.807, 2.05) is 0 Å². The Hall–Kier alpha value is -6.47. The Morgan fingerprint density at radius 3 is 1.62 bits per heavy atom. The van der Waals surface area contributed by atoms with Gasteiger partial charge in [0.05, 0.1) is 6.04 Å². The molecule has 0 radical (unpaired) electrons. The van der Waals surface area contributed by atoms with Crippen LogP contribution in [-0.4, -0.2) is 144 Å². The molecule has 0 bridgehead atoms. The van der Waals surface area contributed by atoms with Crippen molar-refractivity contribution in [2.24, 2.45) is 17.6 Å². The van der Waals surface area contributed by atoms with E-state index in [0.29, 0.717) is 36.9 Å². The van der Waals surface area contributed by atoms with Gasteiger partial charge in [-0.1, -0.05) is 58.4 Å². The number of phosphoric acid groups is 2. The molecule has 420 valence electrons. The summed E-state index contributed by atoms with van der Waals surface area (Å²) in [6, 6.07) is 0.0965. The van der Waals surface area contributed by atoms with E-state index < -0.39 is 129 Å². The van der Waals surface area contributed by atoms with Gasteiger partial charge >= 0.3 is 21.6 Å². The molecule has 29 heteroatoms. The maximum atomic E-state index is 14.6. The summed E-state index contributed by atoms with van der Waals surface area (Å²) in [4.78, 5) is 160. The highest BCUT2D eigenvalue weighted by Gasteiger charge is 2.41. The van der Waals surface area contributed by atoms with Crippen LogP contribution in [0.15, 0.2) is 48.5 Å². The third kappa shape index (κ3) is 19.6. The molecular formula is C47H69N9O18P2. The van der Waals surface area contributed by atoms with E-state index in [1.54, 1.807) is 27.7 Å². The van der Waals surface area contributed by atoms with Gasteiger partial charge in [0.1, 0.15) is 53.8 Å². The number of nitrogens with one attached hydrogen (secondary N) is 7. The lowest BCUT2D eigenvalue weighted by Crippen LogP contribution is -2.62. The smallest absolute Gasteiger partial charge is 0.480 e. The predicted molar refractivity (Wildman–Crippen MR) is 269 cm³/mol. The zero-order chi connectivity index (χ0) is 56.7. The van der Waals surface area contributed by atoms with Crippen LogP contribution in [-0.2, 0) is 65.1 Å². The summed E-state index contributed by atoms with van der Waals surface area (Å²) >= 11 is 0. The molecule has 76 heavy (non-hydrogen) atoms. The Bertz CT molecular complexity index is 2500. The number of rotatable bonds is 28. The second kappa shape index (κ2) is 28.1. The highest BCUT2D eigenvalue weighted by molar-refractivity contribution is 7.47. The van der Waals surface area contributed by atoms with E-state index in [1.165, 1.54) is 60.4 Å². The quantitative estimate of drug-likeness (QED) is 0.0461. The van der Waals surface area contributed by atoms with Crippen molar-refractivity contribution < 1.29 is 86.0 Å². The third-order valence-corrected chi connectivity index (χ3v) is 13.6. The van der Waals surface area contributed by atoms with Crippen molar-refractivity contribution in [1.82, 2.24) is 42.1 Å². The van der Waals surface area contributed by atoms with Gasteiger partial charge in [0.25, 0.3) is 0 Å². The fourth-order valence-electron chi connectivity index (χ4n) is 8.38. The summed E-state index contributed by atoms with van der Waals surface area (Å²) in [7, 11) is -9.92. The number of aliphatic carboxylic acids is 1. The van der Waals surface area contributed by atoms with Crippen LogP contribution in [0.3, 0.4) is 0 Å². The van der Waals surface area contributed by atoms with Crippen molar-refractivity contribution in [3.05, 3.63) is 59.7 Å². The number of carbonyl (C=O) groups excluding carboxylic acids is 8. The van der Waals surface area contributed by atoms with Gasteiger partial charge in [-0.25, -0.2) is 9.13 Å². The number of primary amides is 1. The van der Waals surface area contributed by atoms with Gasteiger partial charge in [-0.05, 0) is 92.8 Å². The number of amides is 8. The average Bonchev–Trinajstić information content (AvgIpc) is 4.07. The number of nitrogens with two attached hydrogens (primary N) is 1. The predicted octanol–water partition coefficient (Wildman–Crippen LogP) is -0.861. The molecule has 2 saturated heterocycles. The van der Waals surface area contributed by atoms with E-state index in [-0.39, 0.29) is 56.6 Å². The molecule has 0 aromatic heterocycles. The molecule has 2 aliphatic rings. The molecule has 0 spiro atoms. The Kier molecular flexibility index (Phi) is 22.9. The summed E-state index contributed by atoms with van der Waals surface area (Å²) in [6.07, 6.45) is 0.789. The number of phosphoric ester groups is 2. The molecule has 2 fully saturated rings. The Morgan fingerprint density at radius 1 is 0.671 bits per heavy atom. The largest absolute Gasteiger partial charge is 0.524 e. The van der Waals surface area contributed by atoms with Crippen molar-refractivity contribution in [3.63, 3.8) is 0 Å². The molecule has 0 unspecified atom stereocenters. The van der Waals surface area contributed by atoms with Crippen LogP contribution in [0.5, 0.6) is 11.5 Å². The molecule has 27 nitrogen and oxygen atoms in total. The normalized spacial score (nSPS) is 18.4. The first-order valence-corrected chi connectivity index (χ1v) is 27.7. The van der Waals surface area contributed by atoms with Crippen molar-refractivity contribution in [3.8, 4) is 11.5 Å². The van der Waals surface area contributed by atoms with Crippen molar-refractivity contribution >= 4 is 68.9 Å². The van der Waals surface area contributed by atoms with Gasteiger partial charge in [-0.3, -0.25) is 62.7 Å². The number of hydrogen-bond donors (Lipinski definition) is 13. The molecular weight excluding hydrogens is 1040 g/mol. The zero-order valence-electron chi connectivity index (χ0n) is 42.6. The first-order chi connectivity index (χ1) is 35.5. The van der Waals surface area contributed by atoms with E-state index in [0.717, 1.165) is 0 Å². The minimum atomic E-state index is -4.97. The highest BCUT2D eigenvalue weighted by atomic mass is 31.2. The van der Waals surface area contributed by atoms with Gasteiger partial charge in [-0.15, -0.1) is 0 Å².